The number of nitrogen functional groups attached to an aromatic ring is 1. The Morgan fingerprint density at radius 3 is 2.34 bits per heavy atom. The number of nitrogens with one attached hydrogen (secondary N) is 2. The van der Waals surface area contributed by atoms with Gasteiger partial charge in [0.2, 0.25) is 11.8 Å². The number of ether oxygens (including phenoxy) is 1. The van der Waals surface area contributed by atoms with Gasteiger partial charge in [0.1, 0.15) is 47.8 Å². The number of aromatic nitrogens is 4. The number of phosphoric ester groups is 3. The first-order valence-corrected chi connectivity index (χ1v) is 23.7. The van der Waals surface area contributed by atoms with E-state index in [4.69, 9.17) is 10.5 Å². The lowest BCUT2D eigenvalue weighted by Gasteiger charge is -2.36. The summed E-state index contributed by atoms with van der Waals surface area (Å²) in [5.74, 6) is -2.27. The fourth-order valence-corrected chi connectivity index (χ4v) is 8.86. The summed E-state index contributed by atoms with van der Waals surface area (Å²) in [5.41, 5.74) is 4.00. The Hall–Kier alpha value is -3.10. The summed E-state index contributed by atoms with van der Waals surface area (Å²) in [5, 5.41) is 25.7. The first-order chi connectivity index (χ1) is 28.3. The number of nitrogens with zero attached hydrogens (tertiary/aromatic N) is 4. The molecule has 1 fully saturated rings. The van der Waals surface area contributed by atoms with Crippen molar-refractivity contribution in [2.75, 3.05) is 37.8 Å². The van der Waals surface area contributed by atoms with E-state index in [1.165, 1.54) is 13.8 Å². The lowest BCUT2D eigenvalue weighted by Crippen LogP contribution is -2.46. The molecule has 0 aliphatic carbocycles. The minimum absolute atomic E-state index is 0.0320. The Kier molecular flexibility index (Phi) is 19.7. The molecule has 7 atom stereocenters. The van der Waals surface area contributed by atoms with E-state index in [1.54, 1.807) is 0 Å². The van der Waals surface area contributed by atoms with Crippen molar-refractivity contribution in [2.45, 2.75) is 96.4 Å². The van der Waals surface area contributed by atoms with Crippen molar-refractivity contribution in [3.05, 3.63) is 12.7 Å². The molecule has 3 rings (SSSR count). The minimum Gasteiger partial charge on any atom is -0.790 e. The van der Waals surface area contributed by atoms with E-state index >= 15 is 0 Å². The molecule has 1 aliphatic heterocycles. The molecule has 30 heteroatoms. The van der Waals surface area contributed by atoms with Gasteiger partial charge in [0.25, 0.3) is 15.6 Å². The molecule has 6 N–H and O–H groups in total. The van der Waals surface area contributed by atoms with Crippen molar-refractivity contribution in [1.82, 2.24) is 30.2 Å². The molecule has 0 aromatic carbocycles. The van der Waals surface area contributed by atoms with Crippen molar-refractivity contribution in [2.24, 2.45) is 5.41 Å². The van der Waals surface area contributed by atoms with E-state index in [9.17, 15) is 67.5 Å². The van der Waals surface area contributed by atoms with E-state index in [0.29, 0.717) is 6.42 Å². The normalized spacial score (nSPS) is 20.7. The topological polar surface area (TPSA) is 409 Å². The van der Waals surface area contributed by atoms with Crippen molar-refractivity contribution in [3.63, 3.8) is 0 Å². The van der Waals surface area contributed by atoms with Gasteiger partial charge >= 0.3 is 0 Å². The third-order valence-corrected chi connectivity index (χ3v) is 12.4. The molecule has 0 saturated carbocycles. The highest BCUT2D eigenvalue weighted by Gasteiger charge is 2.47. The monoisotopic (exact) mass is 945 g/mol. The lowest BCUT2D eigenvalue weighted by atomic mass is 9.87. The molecule has 0 radical (unpaired) electrons. The van der Waals surface area contributed by atoms with Gasteiger partial charge in [0.15, 0.2) is 22.8 Å². The molecule has 344 valence electrons. The molecule has 3 heterocycles. The maximum Gasteiger partial charge on any atom is 0.274 e. The zero-order valence-electron chi connectivity index (χ0n) is 33.0. The third-order valence-electron chi connectivity index (χ3n) is 8.54. The number of carbonyl (C=O) groups excluding carboxylic acids is 5. The number of thioether (sulfide) groups is 1. The number of Topliss-reactive ketones (excluding diaryl/α,β-unsaturated/α-hetero) is 2. The molecule has 1 aliphatic rings. The summed E-state index contributed by atoms with van der Waals surface area (Å²) in [6.07, 6.45) is -5.75. The summed E-state index contributed by atoms with van der Waals surface area (Å²) in [7, 11) is -17.7. The number of ketones is 2. The number of rotatable bonds is 27. The van der Waals surface area contributed by atoms with Gasteiger partial charge in [0.05, 0.1) is 40.2 Å². The number of imidazole rings is 1. The lowest BCUT2D eigenvalue weighted by molar-refractivity contribution is -0.347. The molecule has 26 nitrogen and oxygen atoms in total. The maximum absolute atomic E-state index is 12.6. The number of anilines is 1. The number of hydrogen-bond acceptors (Lipinski definition) is 24. The van der Waals surface area contributed by atoms with Crippen molar-refractivity contribution in [3.8, 4) is 0 Å². The number of carbonyl (C=O) groups is 5. The maximum atomic E-state index is 12.6. The second-order valence-electron chi connectivity index (χ2n) is 14.1. The van der Waals surface area contributed by atoms with Gasteiger partial charge in [0, 0.05) is 37.1 Å². The van der Waals surface area contributed by atoms with Gasteiger partial charge in [-0.15, -0.1) is 0 Å². The van der Waals surface area contributed by atoms with Crippen LogP contribution in [0.3, 0.4) is 0 Å². The Bertz CT molecular complexity index is 2020. The molecule has 0 bridgehead atoms. The molecule has 2 amide bonds. The number of hydrogen-bond donors (Lipinski definition) is 5. The van der Waals surface area contributed by atoms with Gasteiger partial charge < -0.3 is 69.0 Å². The standard InChI is InChI=1S/C31H50N7O19P3S/c1-4-5-6-7-18(39)12-19(40)13-22(42)61-11-10-33-21(41)8-9-34-29(45)26(44)31(2,3)15-54-60(51,52)57-59(49,50)53-14-20-25(56-58(46,47)48)24(43)30(55-20)38-17-37-23-27(32)35-16-36-28(23)38/h16-17,20,24-26,30,43-44H,4-15H2,1-3H3,(H,33,41)(H,34,45)(H,49,50)(H,51,52)(H2,32,35,36)(H2,46,47,48)/p-4/t20-,24-,25-,26+,30-/m1/s1. The van der Waals surface area contributed by atoms with Gasteiger partial charge in [-0.3, -0.25) is 37.7 Å². The highest BCUT2D eigenvalue weighted by Crippen LogP contribution is 2.56. The van der Waals surface area contributed by atoms with Crippen LogP contribution in [0.2, 0.25) is 0 Å². The Morgan fingerprint density at radius 2 is 1.67 bits per heavy atom. The summed E-state index contributed by atoms with van der Waals surface area (Å²) >= 11 is 0.803. The van der Waals surface area contributed by atoms with Crippen LogP contribution >= 0.6 is 35.2 Å². The van der Waals surface area contributed by atoms with Crippen molar-refractivity contribution in [1.29, 1.82) is 0 Å². The Balaban J connectivity index is 1.42. The van der Waals surface area contributed by atoms with E-state index in [-0.39, 0.29) is 60.9 Å². The smallest absolute Gasteiger partial charge is 0.274 e. The van der Waals surface area contributed by atoms with Crippen LogP contribution in [0.4, 0.5) is 5.82 Å². The summed E-state index contributed by atoms with van der Waals surface area (Å²) in [4.78, 5) is 120. The number of amides is 2. The number of fused-ring (bicyclic) bond motifs is 1. The molecule has 2 aromatic heterocycles. The molecular formula is C31H46N7O19P3S-4. The molecule has 1 saturated heterocycles. The summed E-state index contributed by atoms with van der Waals surface area (Å²) < 4.78 is 60.5. The highest BCUT2D eigenvalue weighted by atomic mass is 32.2. The fourth-order valence-electron chi connectivity index (χ4n) is 5.43. The molecule has 2 aromatic rings. The molecule has 61 heavy (non-hydrogen) atoms. The van der Waals surface area contributed by atoms with E-state index in [0.717, 1.165) is 41.8 Å². The fraction of sp³-hybridized carbons (Fsp3) is 0.677. The van der Waals surface area contributed by atoms with Crippen LogP contribution in [0.1, 0.15) is 71.9 Å². The van der Waals surface area contributed by atoms with Gasteiger partial charge in [-0.25, -0.2) is 19.3 Å². The quantitative estimate of drug-likeness (QED) is 0.0355. The summed E-state index contributed by atoms with van der Waals surface area (Å²) in [6, 6.07) is 0. The predicted octanol–water partition coefficient (Wildman–Crippen LogP) is -2.36. The van der Waals surface area contributed by atoms with Crippen LogP contribution in [-0.2, 0) is 60.3 Å². The molecular weight excluding hydrogens is 899 g/mol. The van der Waals surface area contributed by atoms with E-state index in [1.807, 2.05) is 6.92 Å². The number of aliphatic hydroxyl groups is 2. The predicted molar refractivity (Wildman–Crippen MR) is 202 cm³/mol. The average Bonchev–Trinajstić information content (AvgIpc) is 3.71. The number of phosphoric acid groups is 3. The first-order valence-electron chi connectivity index (χ1n) is 18.4. The van der Waals surface area contributed by atoms with Gasteiger partial charge in [-0.2, -0.15) is 0 Å². The second-order valence-corrected chi connectivity index (χ2v) is 19.3. The van der Waals surface area contributed by atoms with E-state index in [2.05, 4.69) is 43.5 Å². The minimum atomic E-state index is -5.94. The zero-order valence-corrected chi connectivity index (χ0v) is 36.5. The van der Waals surface area contributed by atoms with Crippen LogP contribution in [0.15, 0.2) is 12.7 Å². The third kappa shape index (κ3) is 17.2. The van der Waals surface area contributed by atoms with Crippen LogP contribution in [0, 0.1) is 5.41 Å². The summed E-state index contributed by atoms with van der Waals surface area (Å²) in [6.45, 7) is 1.75. The molecule has 2 unspecified atom stereocenters. The van der Waals surface area contributed by atoms with Crippen LogP contribution in [-0.4, -0.2) is 115 Å². The molecule has 0 spiro atoms. The highest BCUT2D eigenvalue weighted by molar-refractivity contribution is 8.13. The largest absolute Gasteiger partial charge is 0.790 e. The van der Waals surface area contributed by atoms with E-state index < -0.39 is 102 Å². The van der Waals surface area contributed by atoms with Gasteiger partial charge in [-0.05, 0) is 6.42 Å². The average molecular weight is 946 g/mol. The number of aliphatic hydroxyl groups excluding tert-OH is 2. The van der Waals surface area contributed by atoms with Crippen molar-refractivity contribution < 1.29 is 90.1 Å². The van der Waals surface area contributed by atoms with Gasteiger partial charge in [-0.1, -0.05) is 45.4 Å². The Labute approximate surface area is 352 Å². The van der Waals surface area contributed by atoms with Crippen LogP contribution in [0.5, 0.6) is 0 Å². The Morgan fingerprint density at radius 1 is 0.984 bits per heavy atom. The number of unbranched alkanes of at least 4 members (excludes halogenated alkanes) is 2. The van der Waals surface area contributed by atoms with Crippen LogP contribution < -0.4 is 35.9 Å². The first kappa shape index (κ1) is 52.2. The van der Waals surface area contributed by atoms with Crippen molar-refractivity contribution >= 4 is 80.7 Å². The second kappa shape index (κ2) is 23.0. The number of nitrogens with two attached hydrogens (primary N) is 1. The zero-order chi connectivity index (χ0) is 45.8. The van der Waals surface area contributed by atoms with Crippen LogP contribution in [0.25, 0.3) is 11.2 Å². The SMILES string of the molecule is CCCCCC(=O)CC(=O)CC(=O)SCCNC(=O)CCNC(=O)[C@H](O)C(C)(C)COP(=O)([O-])OP(=O)([O-])OC[C@H]1O[C@@H](n2cnc3c(N)ncnc32)[C@H](O)[C@@H]1OP(=O)([O-])[O-].